The van der Waals surface area contributed by atoms with Crippen LogP contribution in [0.5, 0.6) is 0 Å². The molecule has 0 amide bonds. The SMILES string of the molecule is CCc1c(C)nc(-c2ccc(F)cc2F)nc1Br. The van der Waals surface area contributed by atoms with Crippen LogP contribution in [0.2, 0.25) is 0 Å². The zero-order valence-electron chi connectivity index (χ0n) is 9.97. The lowest BCUT2D eigenvalue weighted by atomic mass is 10.1. The number of nitrogens with zero attached hydrogens (tertiary/aromatic N) is 2. The first-order chi connectivity index (χ1) is 8.52. The molecular weight excluding hydrogens is 302 g/mol. The van der Waals surface area contributed by atoms with Crippen LogP contribution in [-0.4, -0.2) is 9.97 Å². The summed E-state index contributed by atoms with van der Waals surface area (Å²) in [6, 6.07) is 3.37. The highest BCUT2D eigenvalue weighted by atomic mass is 79.9. The average molecular weight is 313 g/mol. The van der Waals surface area contributed by atoms with Crippen molar-refractivity contribution in [3.63, 3.8) is 0 Å². The lowest BCUT2D eigenvalue weighted by molar-refractivity contribution is 0.585. The minimum absolute atomic E-state index is 0.197. The van der Waals surface area contributed by atoms with Crippen molar-refractivity contribution in [1.29, 1.82) is 0 Å². The second-order valence-electron chi connectivity index (χ2n) is 3.88. The Labute approximate surface area is 112 Å². The maximum Gasteiger partial charge on any atom is 0.163 e. The number of benzene rings is 1. The van der Waals surface area contributed by atoms with Gasteiger partial charge in [-0.3, -0.25) is 0 Å². The van der Waals surface area contributed by atoms with Gasteiger partial charge in [0.05, 0.1) is 5.56 Å². The standard InChI is InChI=1S/C13H11BrF2N2/c1-3-9-7(2)17-13(18-12(9)14)10-5-4-8(15)6-11(10)16/h4-6H,3H2,1-2H3. The van der Waals surface area contributed by atoms with Crippen LogP contribution in [0.3, 0.4) is 0 Å². The van der Waals surface area contributed by atoms with Crippen molar-refractivity contribution in [2.45, 2.75) is 20.3 Å². The highest BCUT2D eigenvalue weighted by molar-refractivity contribution is 9.10. The van der Waals surface area contributed by atoms with Gasteiger partial charge in [-0.05, 0) is 41.4 Å². The third kappa shape index (κ3) is 2.41. The fourth-order valence-electron chi connectivity index (χ4n) is 1.75. The highest BCUT2D eigenvalue weighted by Gasteiger charge is 2.13. The zero-order valence-corrected chi connectivity index (χ0v) is 11.6. The van der Waals surface area contributed by atoms with Crippen LogP contribution in [0.15, 0.2) is 22.8 Å². The zero-order chi connectivity index (χ0) is 13.3. The Kier molecular flexibility index (Phi) is 3.71. The molecule has 94 valence electrons. The first kappa shape index (κ1) is 13.1. The van der Waals surface area contributed by atoms with Crippen LogP contribution in [0.1, 0.15) is 18.2 Å². The monoisotopic (exact) mass is 312 g/mol. The number of hydrogen-bond donors (Lipinski definition) is 0. The van der Waals surface area contributed by atoms with Gasteiger partial charge in [-0.15, -0.1) is 0 Å². The van der Waals surface area contributed by atoms with E-state index in [-0.39, 0.29) is 11.4 Å². The molecule has 2 nitrogen and oxygen atoms in total. The van der Waals surface area contributed by atoms with Crippen molar-refractivity contribution in [1.82, 2.24) is 9.97 Å². The number of rotatable bonds is 2. The molecular formula is C13H11BrF2N2. The van der Waals surface area contributed by atoms with Crippen molar-refractivity contribution in [3.8, 4) is 11.4 Å². The summed E-state index contributed by atoms with van der Waals surface area (Å²) in [7, 11) is 0. The largest absolute Gasteiger partial charge is 0.233 e. The van der Waals surface area contributed by atoms with Gasteiger partial charge in [-0.25, -0.2) is 18.7 Å². The van der Waals surface area contributed by atoms with Gasteiger partial charge in [-0.1, -0.05) is 6.92 Å². The summed E-state index contributed by atoms with van der Waals surface area (Å²) in [5, 5.41) is 0. The molecule has 0 fully saturated rings. The van der Waals surface area contributed by atoms with E-state index >= 15 is 0 Å². The molecule has 0 aliphatic heterocycles. The molecule has 0 saturated carbocycles. The van der Waals surface area contributed by atoms with Gasteiger partial charge in [0.15, 0.2) is 5.82 Å². The summed E-state index contributed by atoms with van der Waals surface area (Å²) in [6.45, 7) is 3.84. The molecule has 0 aliphatic rings. The van der Waals surface area contributed by atoms with E-state index in [1.807, 2.05) is 13.8 Å². The number of aromatic nitrogens is 2. The van der Waals surface area contributed by atoms with E-state index in [9.17, 15) is 8.78 Å². The molecule has 0 N–H and O–H groups in total. The Balaban J connectivity index is 2.58. The van der Waals surface area contributed by atoms with Crippen molar-refractivity contribution in [2.24, 2.45) is 0 Å². The third-order valence-electron chi connectivity index (χ3n) is 2.69. The van der Waals surface area contributed by atoms with E-state index in [0.717, 1.165) is 23.7 Å². The summed E-state index contributed by atoms with van der Waals surface area (Å²) in [5.41, 5.74) is 1.97. The molecule has 2 rings (SSSR count). The maximum atomic E-state index is 13.6. The minimum Gasteiger partial charge on any atom is -0.233 e. The molecule has 0 aliphatic carbocycles. The van der Waals surface area contributed by atoms with Crippen LogP contribution >= 0.6 is 15.9 Å². The fourth-order valence-corrected chi connectivity index (χ4v) is 2.49. The van der Waals surface area contributed by atoms with Crippen LogP contribution in [0.25, 0.3) is 11.4 Å². The Bertz CT molecular complexity index is 577. The number of halogens is 3. The minimum atomic E-state index is -0.662. The normalized spacial score (nSPS) is 10.7. The van der Waals surface area contributed by atoms with Crippen LogP contribution in [0, 0.1) is 18.6 Å². The molecule has 0 unspecified atom stereocenters. The first-order valence-electron chi connectivity index (χ1n) is 5.51. The molecule has 2 aromatic rings. The topological polar surface area (TPSA) is 25.8 Å². The Morgan fingerprint density at radius 1 is 1.22 bits per heavy atom. The molecule has 18 heavy (non-hydrogen) atoms. The number of hydrogen-bond acceptors (Lipinski definition) is 2. The smallest absolute Gasteiger partial charge is 0.163 e. The van der Waals surface area contributed by atoms with Crippen molar-refractivity contribution >= 4 is 15.9 Å². The Morgan fingerprint density at radius 2 is 1.94 bits per heavy atom. The fraction of sp³-hybridized carbons (Fsp3) is 0.231. The summed E-state index contributed by atoms with van der Waals surface area (Å²) >= 11 is 3.35. The predicted molar refractivity (Wildman–Crippen MR) is 69.2 cm³/mol. The van der Waals surface area contributed by atoms with Gasteiger partial charge in [0.2, 0.25) is 0 Å². The molecule has 1 aromatic carbocycles. The molecule has 0 radical (unpaired) electrons. The van der Waals surface area contributed by atoms with Gasteiger partial charge in [0.25, 0.3) is 0 Å². The molecule has 0 bridgehead atoms. The summed E-state index contributed by atoms with van der Waals surface area (Å²) in [6.07, 6.45) is 0.790. The molecule has 5 heteroatoms. The van der Waals surface area contributed by atoms with E-state index in [1.165, 1.54) is 12.1 Å². The van der Waals surface area contributed by atoms with E-state index in [2.05, 4.69) is 25.9 Å². The predicted octanol–water partition coefficient (Wildman–Crippen LogP) is 4.06. The van der Waals surface area contributed by atoms with Gasteiger partial charge >= 0.3 is 0 Å². The van der Waals surface area contributed by atoms with Gasteiger partial charge in [0, 0.05) is 17.3 Å². The van der Waals surface area contributed by atoms with Crippen molar-refractivity contribution in [2.75, 3.05) is 0 Å². The van der Waals surface area contributed by atoms with Crippen LogP contribution in [-0.2, 0) is 6.42 Å². The molecule has 0 saturated heterocycles. The Morgan fingerprint density at radius 3 is 2.50 bits per heavy atom. The van der Waals surface area contributed by atoms with E-state index < -0.39 is 11.6 Å². The summed E-state index contributed by atoms with van der Waals surface area (Å²) in [5.74, 6) is -1.02. The van der Waals surface area contributed by atoms with Gasteiger partial charge in [-0.2, -0.15) is 0 Å². The summed E-state index contributed by atoms with van der Waals surface area (Å²) in [4.78, 5) is 8.47. The molecule has 0 spiro atoms. The summed E-state index contributed by atoms with van der Waals surface area (Å²) < 4.78 is 27.1. The van der Waals surface area contributed by atoms with Crippen molar-refractivity contribution < 1.29 is 8.78 Å². The average Bonchev–Trinajstić information content (AvgIpc) is 2.28. The second kappa shape index (κ2) is 5.10. The van der Waals surface area contributed by atoms with Crippen LogP contribution < -0.4 is 0 Å². The third-order valence-corrected chi connectivity index (χ3v) is 3.34. The Hall–Kier alpha value is -1.36. The van der Waals surface area contributed by atoms with Gasteiger partial charge < -0.3 is 0 Å². The van der Waals surface area contributed by atoms with E-state index in [1.54, 1.807) is 0 Å². The number of aryl methyl sites for hydroxylation is 1. The van der Waals surface area contributed by atoms with E-state index in [4.69, 9.17) is 0 Å². The maximum absolute atomic E-state index is 13.6. The molecule has 1 aromatic heterocycles. The first-order valence-corrected chi connectivity index (χ1v) is 6.30. The molecule has 1 heterocycles. The second-order valence-corrected chi connectivity index (χ2v) is 4.63. The lowest BCUT2D eigenvalue weighted by Crippen LogP contribution is -2.00. The lowest BCUT2D eigenvalue weighted by Gasteiger charge is -2.08. The van der Waals surface area contributed by atoms with Crippen LogP contribution in [0.4, 0.5) is 8.78 Å². The van der Waals surface area contributed by atoms with Crippen molar-refractivity contribution in [3.05, 3.63) is 45.7 Å². The molecule has 0 atom stereocenters. The van der Waals surface area contributed by atoms with Gasteiger partial charge in [0.1, 0.15) is 16.2 Å². The quantitative estimate of drug-likeness (QED) is 0.782. The highest BCUT2D eigenvalue weighted by Crippen LogP contribution is 2.25. The van der Waals surface area contributed by atoms with E-state index in [0.29, 0.717) is 4.60 Å².